The monoisotopic (exact) mass is 428 g/mol. The number of nitrogens with zero attached hydrogens (tertiary/aromatic N) is 3. The molecule has 10 heteroatoms. The van der Waals surface area contributed by atoms with Crippen molar-refractivity contribution in [3.05, 3.63) is 59.2 Å². The number of sulfone groups is 1. The minimum absolute atomic E-state index is 0.261. The largest absolute Gasteiger partial charge is 0.324 e. The molecule has 2 aromatic heterocycles. The summed E-state index contributed by atoms with van der Waals surface area (Å²) in [5.74, 6) is 1.42. The van der Waals surface area contributed by atoms with Crippen molar-refractivity contribution in [2.24, 2.45) is 0 Å². The van der Waals surface area contributed by atoms with Crippen molar-refractivity contribution >= 4 is 55.6 Å². The molecule has 2 aromatic carbocycles. The highest BCUT2D eigenvalue weighted by atomic mass is 35.5. The highest BCUT2D eigenvalue weighted by molar-refractivity contribution is 7.90. The van der Waals surface area contributed by atoms with Crippen LogP contribution in [0.15, 0.2) is 53.6 Å². The van der Waals surface area contributed by atoms with Crippen LogP contribution in [-0.2, 0) is 9.84 Å². The molecule has 0 unspecified atom stereocenters. The smallest absolute Gasteiger partial charge is 0.229 e. The average molecular weight is 429 g/mol. The van der Waals surface area contributed by atoms with E-state index in [4.69, 9.17) is 11.6 Å². The molecule has 0 saturated carbocycles. The van der Waals surface area contributed by atoms with Gasteiger partial charge in [0.1, 0.15) is 5.82 Å². The Morgan fingerprint density at radius 3 is 2.69 bits per heavy atom. The first-order chi connectivity index (χ1) is 13.8. The van der Waals surface area contributed by atoms with Crippen LogP contribution in [0.3, 0.4) is 0 Å². The first-order valence-corrected chi connectivity index (χ1v) is 10.9. The molecular formula is C19H17ClN6O2S. The fraction of sp³-hybridized carbons (Fsp3) is 0.105. The van der Waals surface area contributed by atoms with Crippen LogP contribution in [0.25, 0.3) is 10.9 Å². The average Bonchev–Trinajstić information content (AvgIpc) is 3.05. The van der Waals surface area contributed by atoms with Gasteiger partial charge in [-0.15, -0.1) is 0 Å². The normalized spacial score (nSPS) is 11.6. The Kier molecular flexibility index (Phi) is 4.85. The predicted octanol–water partition coefficient (Wildman–Crippen LogP) is 4.21. The van der Waals surface area contributed by atoms with Crippen molar-refractivity contribution in [3.63, 3.8) is 0 Å². The molecule has 0 bridgehead atoms. The van der Waals surface area contributed by atoms with Crippen molar-refractivity contribution in [2.45, 2.75) is 11.8 Å². The van der Waals surface area contributed by atoms with Gasteiger partial charge >= 0.3 is 0 Å². The van der Waals surface area contributed by atoms with Crippen molar-refractivity contribution in [1.82, 2.24) is 20.2 Å². The molecule has 0 radical (unpaired) electrons. The Hall–Kier alpha value is -3.17. The lowest BCUT2D eigenvalue weighted by molar-refractivity contribution is 0.601. The van der Waals surface area contributed by atoms with E-state index in [1.54, 1.807) is 43.5 Å². The fourth-order valence-corrected chi connectivity index (χ4v) is 4.06. The lowest BCUT2D eigenvalue weighted by atomic mass is 10.2. The summed E-state index contributed by atoms with van der Waals surface area (Å²) >= 11 is 6.07. The Morgan fingerprint density at radius 1 is 1.07 bits per heavy atom. The zero-order valence-electron chi connectivity index (χ0n) is 15.6. The number of fused-ring (bicyclic) bond motifs is 1. The Morgan fingerprint density at radius 2 is 1.90 bits per heavy atom. The van der Waals surface area contributed by atoms with Gasteiger partial charge in [-0.2, -0.15) is 10.1 Å². The third-order valence-electron chi connectivity index (χ3n) is 4.27. The number of aryl methyl sites for hydroxylation is 1. The van der Waals surface area contributed by atoms with Crippen molar-refractivity contribution in [3.8, 4) is 0 Å². The molecule has 2 heterocycles. The van der Waals surface area contributed by atoms with E-state index in [9.17, 15) is 8.42 Å². The second kappa shape index (κ2) is 7.34. The Bertz CT molecular complexity index is 1320. The maximum atomic E-state index is 11.9. The van der Waals surface area contributed by atoms with Crippen LogP contribution < -0.4 is 10.6 Å². The number of rotatable bonds is 5. The van der Waals surface area contributed by atoms with Crippen LogP contribution in [-0.4, -0.2) is 34.8 Å². The predicted molar refractivity (Wildman–Crippen MR) is 114 cm³/mol. The van der Waals surface area contributed by atoms with Crippen molar-refractivity contribution in [1.29, 1.82) is 0 Å². The van der Waals surface area contributed by atoms with Crippen molar-refractivity contribution in [2.75, 3.05) is 16.9 Å². The van der Waals surface area contributed by atoms with E-state index in [0.717, 1.165) is 10.9 Å². The van der Waals surface area contributed by atoms with Gasteiger partial charge in [0, 0.05) is 28.5 Å². The molecule has 4 rings (SSSR count). The van der Waals surface area contributed by atoms with Crippen LogP contribution >= 0.6 is 11.6 Å². The molecule has 0 aliphatic rings. The molecular weight excluding hydrogens is 412 g/mol. The SMILES string of the molecule is Cc1ccc(Nc2nccc(Nc3n[nH]c4ccc(Cl)cc34)n2)cc1S(C)(=O)=O. The summed E-state index contributed by atoms with van der Waals surface area (Å²) in [6.45, 7) is 1.75. The number of benzene rings is 2. The molecule has 0 amide bonds. The zero-order chi connectivity index (χ0) is 20.6. The van der Waals surface area contributed by atoms with E-state index in [1.165, 1.54) is 6.26 Å². The minimum atomic E-state index is -3.33. The van der Waals surface area contributed by atoms with E-state index in [0.29, 0.717) is 33.9 Å². The van der Waals surface area contributed by atoms with Gasteiger partial charge in [-0.3, -0.25) is 5.10 Å². The molecule has 0 saturated heterocycles. The van der Waals surface area contributed by atoms with Crippen LogP contribution in [0.2, 0.25) is 5.02 Å². The van der Waals surface area contributed by atoms with Gasteiger partial charge in [0.2, 0.25) is 5.95 Å². The van der Waals surface area contributed by atoms with E-state index in [-0.39, 0.29) is 4.90 Å². The molecule has 148 valence electrons. The quantitative estimate of drug-likeness (QED) is 0.436. The van der Waals surface area contributed by atoms with Gasteiger partial charge in [0.15, 0.2) is 15.7 Å². The first kappa shape index (κ1) is 19.2. The summed E-state index contributed by atoms with van der Waals surface area (Å²) in [6, 6.07) is 12.2. The number of aromatic amines is 1. The van der Waals surface area contributed by atoms with E-state index in [2.05, 4.69) is 30.8 Å². The first-order valence-electron chi connectivity index (χ1n) is 8.61. The topological polar surface area (TPSA) is 113 Å². The molecule has 4 aromatic rings. The summed E-state index contributed by atoms with van der Waals surface area (Å²) in [4.78, 5) is 8.87. The van der Waals surface area contributed by atoms with Crippen LogP contribution in [0.1, 0.15) is 5.56 Å². The molecule has 0 fully saturated rings. The summed E-state index contributed by atoms with van der Waals surface area (Å²) < 4.78 is 23.9. The van der Waals surface area contributed by atoms with Gasteiger partial charge in [-0.05, 0) is 48.9 Å². The summed E-state index contributed by atoms with van der Waals surface area (Å²) in [5, 5.41) is 14.8. The van der Waals surface area contributed by atoms with Crippen LogP contribution in [0.5, 0.6) is 0 Å². The number of aromatic nitrogens is 4. The summed E-state index contributed by atoms with van der Waals surface area (Å²) in [5.41, 5.74) is 2.10. The fourth-order valence-electron chi connectivity index (χ4n) is 2.90. The van der Waals surface area contributed by atoms with Crippen molar-refractivity contribution < 1.29 is 8.42 Å². The number of nitrogens with one attached hydrogen (secondary N) is 3. The standard InChI is InChI=1S/C19H17ClN6O2S/c1-11-3-5-13(10-16(11)29(2,27)28)22-19-21-8-7-17(24-19)23-18-14-9-12(20)4-6-15(14)25-26-18/h3-10H,1-2H3,(H3,21,22,23,24,25,26). The molecule has 8 nitrogen and oxygen atoms in total. The molecule has 0 spiro atoms. The number of H-pyrrole nitrogens is 1. The zero-order valence-corrected chi connectivity index (χ0v) is 17.1. The van der Waals surface area contributed by atoms with Gasteiger partial charge in [-0.25, -0.2) is 13.4 Å². The van der Waals surface area contributed by atoms with Gasteiger partial charge in [0.05, 0.1) is 10.4 Å². The van der Waals surface area contributed by atoms with E-state index in [1.807, 2.05) is 12.1 Å². The lowest BCUT2D eigenvalue weighted by Crippen LogP contribution is -2.03. The molecule has 0 aliphatic carbocycles. The second-order valence-corrected chi connectivity index (χ2v) is 8.95. The molecule has 29 heavy (non-hydrogen) atoms. The summed E-state index contributed by atoms with van der Waals surface area (Å²) in [6.07, 6.45) is 2.77. The second-order valence-electron chi connectivity index (χ2n) is 6.53. The Labute approximate surface area is 172 Å². The molecule has 0 atom stereocenters. The third-order valence-corrected chi connectivity index (χ3v) is 5.74. The van der Waals surface area contributed by atoms with E-state index < -0.39 is 9.84 Å². The van der Waals surface area contributed by atoms with E-state index >= 15 is 0 Å². The van der Waals surface area contributed by atoms with Crippen LogP contribution in [0.4, 0.5) is 23.3 Å². The number of hydrogen-bond acceptors (Lipinski definition) is 7. The molecule has 3 N–H and O–H groups in total. The Balaban J connectivity index is 1.60. The highest BCUT2D eigenvalue weighted by Gasteiger charge is 2.12. The van der Waals surface area contributed by atoms with Gasteiger partial charge in [0.25, 0.3) is 0 Å². The lowest BCUT2D eigenvalue weighted by Gasteiger charge is -2.10. The third kappa shape index (κ3) is 4.15. The minimum Gasteiger partial charge on any atom is -0.324 e. The van der Waals surface area contributed by atoms with Gasteiger partial charge in [-0.1, -0.05) is 17.7 Å². The number of halogens is 1. The molecule has 0 aliphatic heterocycles. The maximum absolute atomic E-state index is 11.9. The highest BCUT2D eigenvalue weighted by Crippen LogP contribution is 2.27. The summed E-state index contributed by atoms with van der Waals surface area (Å²) in [7, 11) is -3.33. The number of anilines is 4. The number of hydrogen-bond donors (Lipinski definition) is 3. The maximum Gasteiger partial charge on any atom is 0.229 e. The van der Waals surface area contributed by atoms with Crippen LogP contribution in [0, 0.1) is 6.92 Å². The van der Waals surface area contributed by atoms with Gasteiger partial charge < -0.3 is 10.6 Å².